The molecular formula is C19H16FN5O2. The van der Waals surface area contributed by atoms with E-state index in [4.69, 9.17) is 4.52 Å². The van der Waals surface area contributed by atoms with Crippen molar-refractivity contribution in [3.63, 3.8) is 0 Å². The number of aryl methyl sites for hydroxylation is 2. The Morgan fingerprint density at radius 1 is 1.30 bits per heavy atom. The van der Waals surface area contributed by atoms with E-state index in [-0.39, 0.29) is 17.4 Å². The first-order valence-corrected chi connectivity index (χ1v) is 8.42. The van der Waals surface area contributed by atoms with E-state index in [1.165, 1.54) is 12.1 Å². The first kappa shape index (κ1) is 16.9. The minimum atomic E-state index is -0.346. The van der Waals surface area contributed by atoms with Crippen LogP contribution >= 0.6 is 0 Å². The van der Waals surface area contributed by atoms with E-state index < -0.39 is 0 Å². The number of nitrogens with zero attached hydrogens (tertiary/aromatic N) is 4. The highest BCUT2D eigenvalue weighted by Crippen LogP contribution is 2.27. The number of carbonyl (C=O) groups is 1. The molecule has 0 radical (unpaired) electrons. The second kappa shape index (κ2) is 6.64. The number of hydrogen-bond donors (Lipinski definition) is 1. The lowest BCUT2D eigenvalue weighted by Gasteiger charge is -2.07. The molecule has 0 aliphatic rings. The average Bonchev–Trinajstić information content (AvgIpc) is 3.28. The largest absolute Gasteiger partial charge is 0.335 e. The van der Waals surface area contributed by atoms with Crippen molar-refractivity contribution >= 4 is 22.7 Å². The molecule has 7 nitrogen and oxygen atoms in total. The topological polar surface area (TPSA) is 85.8 Å². The summed E-state index contributed by atoms with van der Waals surface area (Å²) in [5, 5.41) is 11.4. The van der Waals surface area contributed by atoms with Gasteiger partial charge in [0.05, 0.1) is 34.2 Å². The number of amides is 1. The zero-order valence-electron chi connectivity index (χ0n) is 14.7. The molecule has 0 atom stereocenters. The second-order valence-electron chi connectivity index (χ2n) is 6.05. The fourth-order valence-electron chi connectivity index (χ4n) is 2.84. The monoisotopic (exact) mass is 365 g/mol. The molecular weight excluding hydrogens is 349 g/mol. The maximum absolute atomic E-state index is 13.2. The highest BCUT2D eigenvalue weighted by atomic mass is 19.1. The van der Waals surface area contributed by atoms with Crippen LogP contribution in [-0.2, 0) is 6.54 Å². The van der Waals surface area contributed by atoms with E-state index in [2.05, 4.69) is 20.6 Å². The van der Waals surface area contributed by atoms with E-state index >= 15 is 0 Å². The molecule has 3 heterocycles. The molecule has 0 saturated heterocycles. The van der Waals surface area contributed by atoms with Crippen molar-refractivity contribution in [2.75, 3.05) is 5.32 Å². The lowest BCUT2D eigenvalue weighted by molar-refractivity contribution is 0.102. The molecule has 0 aliphatic heterocycles. The summed E-state index contributed by atoms with van der Waals surface area (Å²) >= 11 is 0. The number of rotatable bonds is 4. The van der Waals surface area contributed by atoms with E-state index in [0.29, 0.717) is 40.1 Å². The minimum Gasteiger partial charge on any atom is -0.335 e. The molecule has 0 unspecified atom stereocenters. The van der Waals surface area contributed by atoms with Gasteiger partial charge in [-0.3, -0.25) is 9.48 Å². The van der Waals surface area contributed by atoms with Crippen LogP contribution in [0, 0.1) is 12.7 Å². The van der Waals surface area contributed by atoms with E-state index in [0.717, 1.165) is 0 Å². The van der Waals surface area contributed by atoms with Gasteiger partial charge in [0.1, 0.15) is 5.82 Å². The third-order valence-electron chi connectivity index (χ3n) is 4.22. The Morgan fingerprint density at radius 2 is 2.07 bits per heavy atom. The molecule has 136 valence electrons. The Hall–Kier alpha value is -3.55. The van der Waals surface area contributed by atoms with Gasteiger partial charge < -0.3 is 9.84 Å². The van der Waals surface area contributed by atoms with Crippen LogP contribution in [-0.4, -0.2) is 25.8 Å². The fraction of sp³-hybridized carbons (Fsp3) is 0.158. The Morgan fingerprint density at radius 3 is 2.78 bits per heavy atom. The average molecular weight is 365 g/mol. The molecule has 4 aromatic rings. The van der Waals surface area contributed by atoms with Gasteiger partial charge >= 0.3 is 0 Å². The summed E-state index contributed by atoms with van der Waals surface area (Å²) in [5.41, 5.74) is 2.95. The highest BCUT2D eigenvalue weighted by molar-refractivity contribution is 6.12. The molecule has 0 saturated carbocycles. The Labute approximate surface area is 153 Å². The van der Waals surface area contributed by atoms with Crippen LogP contribution in [0.4, 0.5) is 10.1 Å². The summed E-state index contributed by atoms with van der Waals surface area (Å²) in [6.45, 7) is 4.41. The number of aromatic nitrogens is 4. The Balaban J connectivity index is 1.78. The molecule has 0 spiro atoms. The molecule has 4 rings (SSSR count). The number of carbonyl (C=O) groups excluding carboxylic acids is 1. The molecule has 1 amide bonds. The summed E-state index contributed by atoms with van der Waals surface area (Å²) < 4.78 is 20.2. The predicted molar refractivity (Wildman–Crippen MR) is 97.8 cm³/mol. The maximum Gasteiger partial charge on any atom is 0.259 e. The number of hydrogen-bond acceptors (Lipinski definition) is 5. The number of benzene rings is 1. The smallest absolute Gasteiger partial charge is 0.259 e. The second-order valence-corrected chi connectivity index (χ2v) is 6.05. The summed E-state index contributed by atoms with van der Waals surface area (Å²) in [4.78, 5) is 17.3. The summed E-state index contributed by atoms with van der Waals surface area (Å²) in [5.74, 6) is -0.672. The van der Waals surface area contributed by atoms with Crippen LogP contribution in [0.3, 0.4) is 0 Å². The van der Waals surface area contributed by atoms with Crippen LogP contribution in [0.25, 0.3) is 22.4 Å². The van der Waals surface area contributed by atoms with Crippen molar-refractivity contribution < 1.29 is 13.7 Å². The van der Waals surface area contributed by atoms with Crippen molar-refractivity contribution in [3.05, 3.63) is 59.8 Å². The number of nitrogens with one attached hydrogen (secondary N) is 1. The maximum atomic E-state index is 13.2. The minimum absolute atomic E-state index is 0.253. The molecule has 8 heteroatoms. The number of fused-ring (bicyclic) bond motifs is 1. The normalized spacial score (nSPS) is 11.1. The van der Waals surface area contributed by atoms with Crippen LogP contribution in [0.15, 0.2) is 47.2 Å². The quantitative estimate of drug-likeness (QED) is 0.594. The molecule has 1 aromatic carbocycles. The van der Waals surface area contributed by atoms with Crippen molar-refractivity contribution in [3.8, 4) is 11.3 Å². The van der Waals surface area contributed by atoms with E-state index in [9.17, 15) is 9.18 Å². The predicted octanol–water partition coefficient (Wildman–Crippen LogP) is 3.81. The lowest BCUT2D eigenvalue weighted by Crippen LogP contribution is -2.12. The van der Waals surface area contributed by atoms with Gasteiger partial charge in [0.2, 0.25) is 0 Å². The van der Waals surface area contributed by atoms with Crippen molar-refractivity contribution in [2.45, 2.75) is 20.4 Å². The lowest BCUT2D eigenvalue weighted by atomic mass is 10.0. The summed E-state index contributed by atoms with van der Waals surface area (Å²) in [7, 11) is 0. The highest BCUT2D eigenvalue weighted by Gasteiger charge is 2.20. The first-order valence-electron chi connectivity index (χ1n) is 8.42. The van der Waals surface area contributed by atoms with Gasteiger partial charge in [-0.05, 0) is 44.2 Å². The zero-order chi connectivity index (χ0) is 19.0. The van der Waals surface area contributed by atoms with Crippen LogP contribution in [0.5, 0.6) is 0 Å². The standard InChI is InChI=1S/C19H16FN5O2/c1-3-25-10-14(9-21-25)22-18(26)15-8-16(12-4-6-13(20)7-5-12)23-19-17(15)11(2)24-27-19/h4-10H,3H2,1-2H3,(H,22,26). The molecule has 3 aromatic heterocycles. The first-order chi connectivity index (χ1) is 13.0. The van der Waals surface area contributed by atoms with Gasteiger partial charge in [-0.2, -0.15) is 5.10 Å². The summed E-state index contributed by atoms with van der Waals surface area (Å²) in [6.07, 6.45) is 3.33. The third kappa shape index (κ3) is 3.17. The van der Waals surface area contributed by atoms with Gasteiger partial charge in [-0.1, -0.05) is 5.16 Å². The van der Waals surface area contributed by atoms with Gasteiger partial charge in [-0.15, -0.1) is 0 Å². The van der Waals surface area contributed by atoms with Crippen LogP contribution in [0.2, 0.25) is 0 Å². The van der Waals surface area contributed by atoms with Gasteiger partial charge in [0, 0.05) is 18.3 Å². The Kier molecular flexibility index (Phi) is 4.15. The van der Waals surface area contributed by atoms with Crippen LogP contribution in [0.1, 0.15) is 23.0 Å². The zero-order valence-corrected chi connectivity index (χ0v) is 14.7. The number of pyridine rings is 1. The SMILES string of the molecule is CCn1cc(NC(=O)c2cc(-c3ccc(F)cc3)nc3onc(C)c23)cn1. The molecule has 1 N–H and O–H groups in total. The summed E-state index contributed by atoms with van der Waals surface area (Å²) in [6, 6.07) is 7.52. The fourth-order valence-corrected chi connectivity index (χ4v) is 2.84. The van der Waals surface area contributed by atoms with Gasteiger partial charge in [0.15, 0.2) is 0 Å². The molecule has 0 aliphatic carbocycles. The van der Waals surface area contributed by atoms with Crippen molar-refractivity contribution in [2.24, 2.45) is 0 Å². The Bertz CT molecular complexity index is 1130. The van der Waals surface area contributed by atoms with Gasteiger partial charge in [-0.25, -0.2) is 9.37 Å². The van der Waals surface area contributed by atoms with Crippen molar-refractivity contribution in [1.82, 2.24) is 19.9 Å². The molecule has 27 heavy (non-hydrogen) atoms. The van der Waals surface area contributed by atoms with E-state index in [1.54, 1.807) is 42.2 Å². The molecule has 0 bridgehead atoms. The van der Waals surface area contributed by atoms with Crippen LogP contribution < -0.4 is 5.32 Å². The number of halogens is 1. The molecule has 0 fully saturated rings. The van der Waals surface area contributed by atoms with E-state index in [1.807, 2.05) is 6.92 Å². The number of anilines is 1. The van der Waals surface area contributed by atoms with Gasteiger partial charge in [0.25, 0.3) is 11.6 Å². The van der Waals surface area contributed by atoms with Crippen molar-refractivity contribution in [1.29, 1.82) is 0 Å². The third-order valence-corrected chi connectivity index (χ3v) is 4.22.